The van der Waals surface area contributed by atoms with Crippen molar-refractivity contribution in [3.63, 3.8) is 0 Å². The largest absolute Gasteiger partial charge is 0.416 e. The highest BCUT2D eigenvalue weighted by Gasteiger charge is 2.31. The van der Waals surface area contributed by atoms with E-state index in [1.54, 1.807) is 0 Å². The number of halogens is 4. The van der Waals surface area contributed by atoms with Crippen molar-refractivity contribution < 1.29 is 26.0 Å². The molecule has 0 atom stereocenters. The van der Waals surface area contributed by atoms with Gasteiger partial charge in [-0.25, -0.2) is 12.8 Å². The van der Waals surface area contributed by atoms with E-state index in [2.05, 4.69) is 5.32 Å². The summed E-state index contributed by atoms with van der Waals surface area (Å²) in [5.74, 6) is -1.07. The molecule has 0 aromatic heterocycles. The van der Waals surface area contributed by atoms with Crippen LogP contribution in [0.15, 0.2) is 18.2 Å². The first-order valence-electron chi connectivity index (χ1n) is 5.92. The van der Waals surface area contributed by atoms with Crippen molar-refractivity contribution >= 4 is 9.84 Å². The Morgan fingerprint density at radius 1 is 1.20 bits per heavy atom. The highest BCUT2D eigenvalue weighted by Crippen LogP contribution is 2.30. The lowest BCUT2D eigenvalue weighted by atomic mass is 10.1. The Hall–Kier alpha value is -1.15. The quantitative estimate of drug-likeness (QED) is 0.648. The van der Waals surface area contributed by atoms with Gasteiger partial charge < -0.3 is 5.32 Å². The molecular formula is C12H15F4NO2S. The summed E-state index contributed by atoms with van der Waals surface area (Å²) < 4.78 is 72.9. The summed E-state index contributed by atoms with van der Waals surface area (Å²) in [6, 6.07) is 2.24. The van der Waals surface area contributed by atoms with Crippen LogP contribution in [0.1, 0.15) is 18.1 Å². The van der Waals surface area contributed by atoms with E-state index in [0.717, 1.165) is 12.1 Å². The van der Waals surface area contributed by atoms with Gasteiger partial charge in [0.15, 0.2) is 9.84 Å². The van der Waals surface area contributed by atoms with Gasteiger partial charge in [0.1, 0.15) is 5.82 Å². The number of sulfone groups is 1. The fraction of sp³-hybridized carbons (Fsp3) is 0.500. The molecule has 1 N–H and O–H groups in total. The minimum Gasteiger partial charge on any atom is -0.312 e. The minimum atomic E-state index is -4.61. The predicted octanol–water partition coefficient (Wildman–Crippen LogP) is 2.37. The molecule has 1 rings (SSSR count). The highest BCUT2D eigenvalue weighted by atomic mass is 32.2. The monoisotopic (exact) mass is 313 g/mol. The van der Waals surface area contributed by atoms with Gasteiger partial charge in [0.25, 0.3) is 0 Å². The molecule has 0 saturated carbocycles. The van der Waals surface area contributed by atoms with E-state index in [1.807, 2.05) is 0 Å². The molecule has 3 nitrogen and oxygen atoms in total. The topological polar surface area (TPSA) is 46.2 Å². The molecule has 8 heteroatoms. The summed E-state index contributed by atoms with van der Waals surface area (Å²) in [5.41, 5.74) is -0.943. The van der Waals surface area contributed by atoms with Crippen molar-refractivity contribution in [2.45, 2.75) is 19.6 Å². The third-order valence-corrected chi connectivity index (χ3v) is 4.35. The van der Waals surface area contributed by atoms with Crippen LogP contribution >= 0.6 is 0 Å². The lowest BCUT2D eigenvalue weighted by Crippen LogP contribution is -2.23. The molecule has 0 bridgehead atoms. The molecule has 0 radical (unpaired) electrons. The van der Waals surface area contributed by atoms with Gasteiger partial charge in [-0.1, -0.05) is 6.92 Å². The summed E-state index contributed by atoms with van der Waals surface area (Å²) in [7, 11) is -3.13. The standard InChI is InChI=1S/C12H15F4NO2S/c1-2-20(18,19)4-3-17-8-9-5-10(12(14,15)16)7-11(13)6-9/h5-7,17H,2-4,8H2,1H3. The Balaban J connectivity index is 2.63. The first-order chi connectivity index (χ1) is 9.14. The zero-order chi connectivity index (χ0) is 15.4. The van der Waals surface area contributed by atoms with Crippen LogP contribution in [-0.4, -0.2) is 26.5 Å². The number of alkyl halides is 3. The van der Waals surface area contributed by atoms with E-state index < -0.39 is 27.4 Å². The second-order valence-electron chi connectivity index (χ2n) is 4.26. The van der Waals surface area contributed by atoms with Crippen molar-refractivity contribution in [1.82, 2.24) is 5.32 Å². The fourth-order valence-corrected chi connectivity index (χ4v) is 2.26. The number of benzene rings is 1. The Labute approximate surface area is 114 Å². The van der Waals surface area contributed by atoms with Gasteiger partial charge >= 0.3 is 6.18 Å². The van der Waals surface area contributed by atoms with E-state index in [4.69, 9.17) is 0 Å². The van der Waals surface area contributed by atoms with Gasteiger partial charge in [-0.3, -0.25) is 0 Å². The summed E-state index contributed by atoms with van der Waals surface area (Å²) in [6.07, 6.45) is -4.61. The average molecular weight is 313 g/mol. The van der Waals surface area contributed by atoms with Crippen LogP contribution in [0.2, 0.25) is 0 Å². The van der Waals surface area contributed by atoms with Crippen molar-refractivity contribution in [3.05, 3.63) is 35.1 Å². The van der Waals surface area contributed by atoms with Gasteiger partial charge in [0, 0.05) is 18.8 Å². The first-order valence-corrected chi connectivity index (χ1v) is 7.74. The molecule has 0 spiro atoms. The van der Waals surface area contributed by atoms with Crippen LogP contribution in [0.4, 0.5) is 17.6 Å². The summed E-state index contributed by atoms with van der Waals surface area (Å²) >= 11 is 0. The Morgan fingerprint density at radius 3 is 2.40 bits per heavy atom. The molecular weight excluding hydrogens is 298 g/mol. The summed E-state index contributed by atoms with van der Waals surface area (Å²) in [5, 5.41) is 2.68. The van der Waals surface area contributed by atoms with E-state index in [1.165, 1.54) is 6.92 Å². The number of hydrogen-bond acceptors (Lipinski definition) is 3. The van der Waals surface area contributed by atoms with Gasteiger partial charge in [-0.2, -0.15) is 13.2 Å². The first kappa shape index (κ1) is 16.9. The SMILES string of the molecule is CCS(=O)(=O)CCNCc1cc(F)cc(C(F)(F)F)c1. The molecule has 0 saturated heterocycles. The van der Waals surface area contributed by atoms with Crippen LogP contribution in [0.25, 0.3) is 0 Å². The number of nitrogens with one attached hydrogen (secondary N) is 1. The van der Waals surface area contributed by atoms with Crippen molar-refractivity contribution in [1.29, 1.82) is 0 Å². The summed E-state index contributed by atoms with van der Waals surface area (Å²) in [6.45, 7) is 1.59. The maximum absolute atomic E-state index is 13.1. The molecule has 0 unspecified atom stereocenters. The molecule has 0 fully saturated rings. The zero-order valence-electron chi connectivity index (χ0n) is 10.8. The third kappa shape index (κ3) is 5.46. The van der Waals surface area contributed by atoms with Crippen molar-refractivity contribution in [3.8, 4) is 0 Å². The predicted molar refractivity (Wildman–Crippen MR) is 67.4 cm³/mol. The van der Waals surface area contributed by atoms with Crippen LogP contribution in [0.3, 0.4) is 0 Å². The summed E-state index contributed by atoms with van der Waals surface area (Å²) in [4.78, 5) is 0. The van der Waals surface area contributed by atoms with E-state index in [0.29, 0.717) is 6.07 Å². The van der Waals surface area contributed by atoms with Crippen LogP contribution in [0, 0.1) is 5.82 Å². The van der Waals surface area contributed by atoms with Gasteiger partial charge in [0.05, 0.1) is 11.3 Å². The molecule has 0 aliphatic rings. The molecule has 0 aliphatic carbocycles. The lowest BCUT2D eigenvalue weighted by Gasteiger charge is -2.10. The van der Waals surface area contributed by atoms with Crippen molar-refractivity contribution in [2.24, 2.45) is 0 Å². The Kier molecular flexibility index (Phi) is 5.52. The van der Waals surface area contributed by atoms with Gasteiger partial charge in [-0.05, 0) is 23.8 Å². The molecule has 0 aliphatic heterocycles. The molecule has 20 heavy (non-hydrogen) atoms. The van der Waals surface area contributed by atoms with Crippen molar-refractivity contribution in [2.75, 3.05) is 18.1 Å². The Bertz CT molecular complexity index is 555. The van der Waals surface area contributed by atoms with Crippen LogP contribution < -0.4 is 5.32 Å². The smallest absolute Gasteiger partial charge is 0.312 e. The zero-order valence-corrected chi connectivity index (χ0v) is 11.6. The number of hydrogen-bond donors (Lipinski definition) is 1. The van der Waals surface area contributed by atoms with Crippen LogP contribution in [-0.2, 0) is 22.6 Å². The highest BCUT2D eigenvalue weighted by molar-refractivity contribution is 7.91. The fourth-order valence-electron chi connectivity index (χ4n) is 1.52. The normalized spacial score (nSPS) is 12.7. The van der Waals surface area contributed by atoms with E-state index >= 15 is 0 Å². The second kappa shape index (κ2) is 6.53. The van der Waals surface area contributed by atoms with Gasteiger partial charge in [0.2, 0.25) is 0 Å². The molecule has 0 amide bonds. The lowest BCUT2D eigenvalue weighted by molar-refractivity contribution is -0.137. The number of rotatable bonds is 6. The molecule has 1 aromatic rings. The molecule has 0 heterocycles. The van der Waals surface area contributed by atoms with Gasteiger partial charge in [-0.15, -0.1) is 0 Å². The average Bonchev–Trinajstić information content (AvgIpc) is 2.33. The maximum Gasteiger partial charge on any atom is 0.416 e. The third-order valence-electron chi connectivity index (χ3n) is 2.64. The minimum absolute atomic E-state index is 0.00681. The van der Waals surface area contributed by atoms with Crippen LogP contribution in [0.5, 0.6) is 0 Å². The second-order valence-corrected chi connectivity index (χ2v) is 6.73. The Morgan fingerprint density at radius 2 is 1.85 bits per heavy atom. The maximum atomic E-state index is 13.1. The molecule has 114 valence electrons. The van der Waals surface area contributed by atoms with E-state index in [-0.39, 0.29) is 30.2 Å². The molecule has 1 aromatic carbocycles. The van der Waals surface area contributed by atoms with E-state index in [9.17, 15) is 26.0 Å².